The minimum Gasteiger partial charge on any atom is -0.307 e. The zero-order chi connectivity index (χ0) is 11.0. The predicted molar refractivity (Wildman–Crippen MR) is 67.5 cm³/mol. The van der Waals surface area contributed by atoms with Gasteiger partial charge in [0.25, 0.3) is 0 Å². The summed E-state index contributed by atoms with van der Waals surface area (Å²) in [6.45, 7) is 3.46. The van der Waals surface area contributed by atoms with Crippen LogP contribution in [0.5, 0.6) is 0 Å². The molecule has 0 amide bonds. The first-order valence-corrected chi connectivity index (χ1v) is 6.62. The van der Waals surface area contributed by atoms with Gasteiger partial charge in [-0.25, -0.2) is 0 Å². The van der Waals surface area contributed by atoms with Crippen LogP contribution in [0.4, 0.5) is 0 Å². The second-order valence-corrected chi connectivity index (χ2v) is 5.64. The van der Waals surface area contributed by atoms with Gasteiger partial charge in [-0.05, 0) is 36.3 Å². The Hall–Kier alpha value is -0.820. The Morgan fingerprint density at radius 2 is 1.94 bits per heavy atom. The Bertz CT molecular complexity index is 377. The lowest BCUT2D eigenvalue weighted by Crippen LogP contribution is -2.41. The van der Waals surface area contributed by atoms with Crippen molar-refractivity contribution in [3.05, 3.63) is 35.4 Å². The molecule has 1 saturated carbocycles. The number of nitrogens with one attached hydrogen (secondary N) is 1. The van der Waals surface area contributed by atoms with E-state index >= 15 is 0 Å². The summed E-state index contributed by atoms with van der Waals surface area (Å²) >= 11 is 0. The van der Waals surface area contributed by atoms with E-state index in [4.69, 9.17) is 0 Å². The van der Waals surface area contributed by atoms with E-state index in [0.29, 0.717) is 11.5 Å². The van der Waals surface area contributed by atoms with Gasteiger partial charge in [0.1, 0.15) is 0 Å². The highest BCUT2D eigenvalue weighted by molar-refractivity contribution is 5.32. The number of benzene rings is 1. The zero-order valence-corrected chi connectivity index (χ0v) is 10.1. The fraction of sp³-hybridized carbons (Fsp3) is 0.600. The summed E-state index contributed by atoms with van der Waals surface area (Å²) in [5, 5.41) is 3.84. The van der Waals surface area contributed by atoms with Gasteiger partial charge in [0, 0.05) is 12.1 Å². The Balaban J connectivity index is 1.92. The van der Waals surface area contributed by atoms with E-state index < -0.39 is 0 Å². The summed E-state index contributed by atoms with van der Waals surface area (Å²) in [4.78, 5) is 0. The Labute approximate surface area is 98.3 Å². The van der Waals surface area contributed by atoms with Crippen LogP contribution in [0, 0.1) is 0 Å². The van der Waals surface area contributed by atoms with E-state index in [1.165, 1.54) is 37.7 Å². The number of fused-ring (bicyclic) bond motifs is 1. The number of rotatable bonds is 0. The van der Waals surface area contributed by atoms with Gasteiger partial charge in [-0.2, -0.15) is 0 Å². The first kappa shape index (κ1) is 10.3. The highest BCUT2D eigenvalue weighted by atomic mass is 15.0. The second-order valence-electron chi connectivity index (χ2n) is 5.64. The molecule has 0 saturated heterocycles. The molecule has 1 aromatic rings. The van der Waals surface area contributed by atoms with Gasteiger partial charge in [0.2, 0.25) is 0 Å². The zero-order valence-electron chi connectivity index (χ0n) is 10.1. The SMILES string of the molecule is CC1CC2(CCCC2)NCc2ccccc21. The molecule has 1 fully saturated rings. The Morgan fingerprint density at radius 3 is 2.75 bits per heavy atom. The summed E-state index contributed by atoms with van der Waals surface area (Å²) in [7, 11) is 0. The first-order chi connectivity index (χ1) is 7.79. The van der Waals surface area contributed by atoms with E-state index in [-0.39, 0.29) is 0 Å². The van der Waals surface area contributed by atoms with Gasteiger partial charge >= 0.3 is 0 Å². The van der Waals surface area contributed by atoms with Crippen LogP contribution < -0.4 is 5.32 Å². The van der Waals surface area contributed by atoms with Gasteiger partial charge in [-0.15, -0.1) is 0 Å². The normalized spacial score (nSPS) is 27.7. The maximum Gasteiger partial charge on any atom is 0.0213 e. The molecule has 1 heteroatoms. The van der Waals surface area contributed by atoms with Gasteiger partial charge in [0.05, 0.1) is 0 Å². The molecule has 1 aliphatic heterocycles. The largest absolute Gasteiger partial charge is 0.307 e. The standard InChI is InChI=1S/C15H21N/c1-12-10-15(8-4-5-9-15)16-11-13-6-2-3-7-14(12)13/h2-3,6-7,12,16H,4-5,8-11H2,1H3. The third-order valence-corrected chi connectivity index (χ3v) is 4.50. The van der Waals surface area contributed by atoms with Crippen LogP contribution in [0.3, 0.4) is 0 Å². The summed E-state index contributed by atoms with van der Waals surface area (Å²) in [5.74, 6) is 0.712. The molecule has 1 aliphatic carbocycles. The van der Waals surface area contributed by atoms with Crippen LogP contribution in [-0.2, 0) is 6.54 Å². The lowest BCUT2D eigenvalue weighted by atomic mass is 9.84. The molecule has 1 nitrogen and oxygen atoms in total. The van der Waals surface area contributed by atoms with E-state index in [9.17, 15) is 0 Å². The Morgan fingerprint density at radius 1 is 1.19 bits per heavy atom. The predicted octanol–water partition coefficient (Wildman–Crippen LogP) is 3.60. The van der Waals surface area contributed by atoms with Crippen molar-refractivity contribution in [3.8, 4) is 0 Å². The first-order valence-electron chi connectivity index (χ1n) is 6.62. The van der Waals surface area contributed by atoms with Crippen LogP contribution in [0.2, 0.25) is 0 Å². The smallest absolute Gasteiger partial charge is 0.0213 e. The van der Waals surface area contributed by atoms with Crippen molar-refractivity contribution in [2.75, 3.05) is 0 Å². The van der Waals surface area contributed by atoms with Crippen LogP contribution in [0.15, 0.2) is 24.3 Å². The van der Waals surface area contributed by atoms with Crippen molar-refractivity contribution >= 4 is 0 Å². The van der Waals surface area contributed by atoms with Crippen molar-refractivity contribution in [1.29, 1.82) is 0 Å². The molecule has 1 N–H and O–H groups in total. The fourth-order valence-electron chi connectivity index (χ4n) is 3.66. The van der Waals surface area contributed by atoms with Crippen molar-refractivity contribution in [1.82, 2.24) is 5.32 Å². The van der Waals surface area contributed by atoms with Crippen LogP contribution in [-0.4, -0.2) is 5.54 Å². The maximum absolute atomic E-state index is 3.84. The van der Waals surface area contributed by atoms with Gasteiger partial charge in [0.15, 0.2) is 0 Å². The third-order valence-electron chi connectivity index (χ3n) is 4.50. The highest BCUT2D eigenvalue weighted by Gasteiger charge is 2.36. The molecule has 1 aromatic carbocycles. The van der Waals surface area contributed by atoms with E-state index in [2.05, 4.69) is 36.5 Å². The molecule has 0 radical (unpaired) electrons. The molecule has 1 atom stereocenters. The van der Waals surface area contributed by atoms with Crippen LogP contribution >= 0.6 is 0 Å². The molecule has 0 bridgehead atoms. The second kappa shape index (κ2) is 3.89. The monoisotopic (exact) mass is 215 g/mol. The third kappa shape index (κ3) is 1.67. The molecule has 1 heterocycles. The quantitative estimate of drug-likeness (QED) is 0.697. The highest BCUT2D eigenvalue weighted by Crippen LogP contribution is 2.40. The van der Waals surface area contributed by atoms with Gasteiger partial charge < -0.3 is 5.32 Å². The number of hydrogen-bond acceptors (Lipinski definition) is 1. The molecule has 1 unspecified atom stereocenters. The van der Waals surface area contributed by atoms with Crippen molar-refractivity contribution in [2.45, 2.75) is 57.0 Å². The average Bonchev–Trinajstić information content (AvgIpc) is 2.70. The van der Waals surface area contributed by atoms with Crippen molar-refractivity contribution in [2.24, 2.45) is 0 Å². The Kier molecular flexibility index (Phi) is 2.51. The summed E-state index contributed by atoms with van der Waals surface area (Å²) in [6.07, 6.45) is 6.91. The van der Waals surface area contributed by atoms with Gasteiger partial charge in [-0.3, -0.25) is 0 Å². The molecule has 3 rings (SSSR count). The topological polar surface area (TPSA) is 12.0 Å². The van der Waals surface area contributed by atoms with E-state index in [1.54, 1.807) is 5.56 Å². The van der Waals surface area contributed by atoms with E-state index in [1.807, 2.05) is 0 Å². The number of hydrogen-bond donors (Lipinski definition) is 1. The van der Waals surface area contributed by atoms with Crippen LogP contribution in [0.25, 0.3) is 0 Å². The molecular formula is C15H21N. The van der Waals surface area contributed by atoms with Crippen LogP contribution in [0.1, 0.15) is 56.1 Å². The summed E-state index contributed by atoms with van der Waals surface area (Å²) in [5.41, 5.74) is 3.54. The average molecular weight is 215 g/mol. The fourth-order valence-corrected chi connectivity index (χ4v) is 3.66. The van der Waals surface area contributed by atoms with E-state index in [0.717, 1.165) is 6.54 Å². The van der Waals surface area contributed by atoms with Gasteiger partial charge in [-0.1, -0.05) is 44.0 Å². The molecule has 1 spiro atoms. The van der Waals surface area contributed by atoms with Crippen molar-refractivity contribution < 1.29 is 0 Å². The molecule has 86 valence electrons. The molecular weight excluding hydrogens is 194 g/mol. The molecule has 16 heavy (non-hydrogen) atoms. The molecule has 0 aromatic heterocycles. The maximum atomic E-state index is 3.84. The summed E-state index contributed by atoms with van der Waals surface area (Å²) < 4.78 is 0. The van der Waals surface area contributed by atoms with Crippen molar-refractivity contribution in [3.63, 3.8) is 0 Å². The lowest BCUT2D eigenvalue weighted by Gasteiger charge is -2.30. The minimum atomic E-state index is 0.457. The summed E-state index contributed by atoms with van der Waals surface area (Å²) in [6, 6.07) is 8.95. The minimum absolute atomic E-state index is 0.457. The lowest BCUT2D eigenvalue weighted by molar-refractivity contribution is 0.300. The molecule has 2 aliphatic rings.